The molecule has 3 rings (SSSR count). The monoisotopic (exact) mass is 381 g/mol. The van der Waals surface area contributed by atoms with Crippen molar-refractivity contribution in [2.45, 2.75) is 6.92 Å². The second-order valence-electron chi connectivity index (χ2n) is 6.44. The maximum Gasteiger partial charge on any atom is 0.266 e. The minimum Gasteiger partial charge on any atom is -0.322 e. The van der Waals surface area contributed by atoms with Crippen molar-refractivity contribution in [3.63, 3.8) is 0 Å². The first kappa shape index (κ1) is 19.6. The third kappa shape index (κ3) is 5.41. The summed E-state index contributed by atoms with van der Waals surface area (Å²) in [6.45, 7) is 1.96. The molecule has 0 radical (unpaired) electrons. The molecule has 3 aromatic rings. The zero-order chi connectivity index (χ0) is 20.6. The molecule has 0 aliphatic carbocycles. The number of nitriles is 1. The smallest absolute Gasteiger partial charge is 0.266 e. The maximum atomic E-state index is 12.4. The summed E-state index contributed by atoms with van der Waals surface area (Å²) < 4.78 is 0. The van der Waals surface area contributed by atoms with Gasteiger partial charge in [-0.25, -0.2) is 0 Å². The Labute approximate surface area is 169 Å². The Morgan fingerprint density at radius 2 is 1.55 bits per heavy atom. The van der Waals surface area contributed by atoms with Gasteiger partial charge in [-0.05, 0) is 55.0 Å². The fourth-order valence-electron chi connectivity index (χ4n) is 2.65. The van der Waals surface area contributed by atoms with E-state index < -0.39 is 5.91 Å². The lowest BCUT2D eigenvalue weighted by Crippen LogP contribution is -2.13. The van der Waals surface area contributed by atoms with Gasteiger partial charge in [-0.3, -0.25) is 9.59 Å². The topological polar surface area (TPSA) is 82.0 Å². The summed E-state index contributed by atoms with van der Waals surface area (Å²) in [7, 11) is 0. The van der Waals surface area contributed by atoms with Crippen molar-refractivity contribution in [1.82, 2.24) is 0 Å². The summed E-state index contributed by atoms with van der Waals surface area (Å²) in [5.74, 6) is -0.721. The first-order valence-electron chi connectivity index (χ1n) is 9.01. The number of carbonyl (C=O) groups excluding carboxylic acids is 2. The molecule has 0 aliphatic heterocycles. The molecule has 0 unspecified atom stereocenters. The molecule has 0 aromatic heterocycles. The highest BCUT2D eigenvalue weighted by Crippen LogP contribution is 2.16. The third-order valence-corrected chi connectivity index (χ3v) is 4.17. The Balaban J connectivity index is 1.75. The van der Waals surface area contributed by atoms with Crippen LogP contribution in [0, 0.1) is 18.3 Å². The van der Waals surface area contributed by atoms with Crippen LogP contribution in [0.3, 0.4) is 0 Å². The molecule has 2 amide bonds. The Bertz CT molecular complexity index is 1090. The van der Waals surface area contributed by atoms with Gasteiger partial charge in [0.15, 0.2) is 0 Å². The van der Waals surface area contributed by atoms with E-state index >= 15 is 0 Å². The molecule has 0 fully saturated rings. The van der Waals surface area contributed by atoms with E-state index in [1.165, 1.54) is 6.08 Å². The first-order valence-corrected chi connectivity index (χ1v) is 9.01. The summed E-state index contributed by atoms with van der Waals surface area (Å²) in [5, 5.41) is 14.9. The lowest BCUT2D eigenvalue weighted by molar-refractivity contribution is -0.112. The van der Waals surface area contributed by atoms with E-state index in [0.717, 1.165) is 5.56 Å². The molecule has 0 atom stereocenters. The Morgan fingerprint density at radius 3 is 2.24 bits per heavy atom. The van der Waals surface area contributed by atoms with Gasteiger partial charge in [-0.15, -0.1) is 0 Å². The molecule has 0 spiro atoms. The highest BCUT2D eigenvalue weighted by Gasteiger charge is 2.10. The molecule has 142 valence electrons. The molecule has 5 heteroatoms. The van der Waals surface area contributed by atoms with Gasteiger partial charge in [-0.1, -0.05) is 48.0 Å². The van der Waals surface area contributed by atoms with Gasteiger partial charge in [-0.2, -0.15) is 5.26 Å². The van der Waals surface area contributed by atoms with E-state index in [0.29, 0.717) is 22.5 Å². The van der Waals surface area contributed by atoms with Crippen LogP contribution in [-0.4, -0.2) is 11.8 Å². The number of rotatable bonds is 5. The summed E-state index contributed by atoms with van der Waals surface area (Å²) in [5.41, 5.74) is 3.41. The second kappa shape index (κ2) is 9.16. The predicted octanol–water partition coefficient (Wildman–Crippen LogP) is 4.79. The average molecular weight is 381 g/mol. The minimum absolute atomic E-state index is 0.0316. The molecule has 5 nitrogen and oxygen atoms in total. The number of hydrogen-bond donors (Lipinski definition) is 2. The average Bonchev–Trinajstić information content (AvgIpc) is 2.73. The summed E-state index contributed by atoms with van der Waals surface area (Å²) in [6, 6.07) is 25.1. The van der Waals surface area contributed by atoms with Crippen LogP contribution in [-0.2, 0) is 4.79 Å². The van der Waals surface area contributed by atoms with Crippen LogP contribution in [0.4, 0.5) is 11.4 Å². The van der Waals surface area contributed by atoms with Crippen molar-refractivity contribution in [3.8, 4) is 6.07 Å². The fraction of sp³-hybridized carbons (Fsp3) is 0.0417. The SMILES string of the molecule is Cc1ccc(C(=O)Nc2cccc(/C=C(/C#N)C(=O)Nc3ccccc3)c2)cc1. The van der Waals surface area contributed by atoms with E-state index in [1.807, 2.05) is 31.2 Å². The second-order valence-corrected chi connectivity index (χ2v) is 6.44. The molecule has 2 N–H and O–H groups in total. The Hall–Kier alpha value is -4.17. The summed E-state index contributed by atoms with van der Waals surface area (Å²) in [4.78, 5) is 24.7. The van der Waals surface area contributed by atoms with Gasteiger partial charge in [0, 0.05) is 16.9 Å². The number of hydrogen-bond acceptors (Lipinski definition) is 3. The number of amides is 2. The molecular formula is C24H19N3O2. The van der Waals surface area contributed by atoms with Crippen LogP contribution < -0.4 is 10.6 Å². The van der Waals surface area contributed by atoms with Gasteiger partial charge in [0.2, 0.25) is 0 Å². The highest BCUT2D eigenvalue weighted by molar-refractivity contribution is 6.10. The normalized spacial score (nSPS) is 10.7. The van der Waals surface area contributed by atoms with Crippen molar-refractivity contribution < 1.29 is 9.59 Å². The summed E-state index contributed by atoms with van der Waals surface area (Å²) in [6.07, 6.45) is 1.49. The van der Waals surface area contributed by atoms with Crippen LogP contribution in [0.2, 0.25) is 0 Å². The Morgan fingerprint density at radius 1 is 0.862 bits per heavy atom. The van der Waals surface area contributed by atoms with Gasteiger partial charge < -0.3 is 10.6 Å². The fourth-order valence-corrected chi connectivity index (χ4v) is 2.65. The molecule has 3 aromatic carbocycles. The molecule has 0 heterocycles. The van der Waals surface area contributed by atoms with Crippen LogP contribution in [0.25, 0.3) is 6.08 Å². The van der Waals surface area contributed by atoms with Crippen LogP contribution in [0.15, 0.2) is 84.4 Å². The van der Waals surface area contributed by atoms with Crippen molar-refractivity contribution >= 4 is 29.3 Å². The van der Waals surface area contributed by atoms with Crippen molar-refractivity contribution in [3.05, 3.63) is 101 Å². The standard InChI is InChI=1S/C24H19N3O2/c1-17-10-12-19(13-11-17)23(28)27-22-9-5-6-18(15-22)14-20(16-25)24(29)26-21-7-3-2-4-8-21/h2-15H,1H3,(H,26,29)(H,27,28)/b20-14-. The van der Waals surface area contributed by atoms with Gasteiger partial charge in [0.25, 0.3) is 11.8 Å². The molecule has 0 bridgehead atoms. The first-order chi connectivity index (χ1) is 14.0. The van der Waals surface area contributed by atoms with Crippen LogP contribution in [0.1, 0.15) is 21.5 Å². The highest BCUT2D eigenvalue weighted by atomic mass is 16.2. The number of carbonyl (C=O) groups is 2. The largest absolute Gasteiger partial charge is 0.322 e. The molecule has 0 aliphatic rings. The van der Waals surface area contributed by atoms with E-state index in [9.17, 15) is 14.9 Å². The van der Waals surface area contributed by atoms with Gasteiger partial charge in [0.05, 0.1) is 0 Å². The number of aryl methyl sites for hydroxylation is 1. The number of anilines is 2. The van der Waals surface area contributed by atoms with Crippen LogP contribution in [0.5, 0.6) is 0 Å². The van der Waals surface area contributed by atoms with E-state index in [2.05, 4.69) is 10.6 Å². The number of benzene rings is 3. The van der Waals surface area contributed by atoms with Crippen molar-refractivity contribution in [2.75, 3.05) is 10.6 Å². The van der Waals surface area contributed by atoms with E-state index in [-0.39, 0.29) is 11.5 Å². The lowest BCUT2D eigenvalue weighted by atomic mass is 10.1. The number of para-hydroxylation sites is 1. The third-order valence-electron chi connectivity index (χ3n) is 4.17. The molecule has 0 saturated heterocycles. The molecule has 29 heavy (non-hydrogen) atoms. The van der Waals surface area contributed by atoms with E-state index in [1.54, 1.807) is 60.7 Å². The predicted molar refractivity (Wildman–Crippen MR) is 114 cm³/mol. The Kier molecular flexibility index (Phi) is 6.18. The maximum absolute atomic E-state index is 12.4. The van der Waals surface area contributed by atoms with Crippen molar-refractivity contribution in [2.24, 2.45) is 0 Å². The van der Waals surface area contributed by atoms with Gasteiger partial charge >= 0.3 is 0 Å². The lowest BCUT2D eigenvalue weighted by Gasteiger charge is -2.07. The van der Waals surface area contributed by atoms with Crippen LogP contribution >= 0.6 is 0 Å². The van der Waals surface area contributed by atoms with E-state index in [4.69, 9.17) is 0 Å². The molecule has 0 saturated carbocycles. The number of nitrogens with zero attached hydrogens (tertiary/aromatic N) is 1. The van der Waals surface area contributed by atoms with Crippen molar-refractivity contribution in [1.29, 1.82) is 5.26 Å². The summed E-state index contributed by atoms with van der Waals surface area (Å²) >= 11 is 0. The van der Waals surface area contributed by atoms with Gasteiger partial charge in [0.1, 0.15) is 11.6 Å². The zero-order valence-corrected chi connectivity index (χ0v) is 15.8. The zero-order valence-electron chi connectivity index (χ0n) is 15.8. The number of nitrogens with one attached hydrogen (secondary N) is 2. The quantitative estimate of drug-likeness (QED) is 0.492. The minimum atomic E-state index is -0.493. The molecular weight excluding hydrogens is 362 g/mol.